The van der Waals surface area contributed by atoms with Gasteiger partial charge < -0.3 is 15.1 Å². The lowest BCUT2D eigenvalue weighted by Crippen LogP contribution is -2.26. The van der Waals surface area contributed by atoms with Crippen molar-refractivity contribution in [3.63, 3.8) is 0 Å². The first-order valence-electron chi connectivity index (χ1n) is 7.95. The summed E-state index contributed by atoms with van der Waals surface area (Å²) in [6.07, 6.45) is 4.50. The van der Waals surface area contributed by atoms with E-state index in [0.29, 0.717) is 12.6 Å². The van der Waals surface area contributed by atoms with Gasteiger partial charge in [0.1, 0.15) is 5.76 Å². The molecule has 7 nitrogen and oxygen atoms in total. The Kier molecular flexibility index (Phi) is 4.82. The van der Waals surface area contributed by atoms with Gasteiger partial charge in [-0.15, -0.1) is 0 Å². The molecule has 0 saturated heterocycles. The smallest absolute Gasteiger partial charge is 0.220 e. The molecule has 24 heavy (non-hydrogen) atoms. The van der Waals surface area contributed by atoms with Gasteiger partial charge in [-0.2, -0.15) is 0 Å². The molecule has 0 bridgehead atoms. The van der Waals surface area contributed by atoms with Gasteiger partial charge in [-0.1, -0.05) is 0 Å². The fourth-order valence-electron chi connectivity index (χ4n) is 2.83. The number of hydrogen-bond donors (Lipinski definition) is 2. The number of furan rings is 1. The van der Waals surface area contributed by atoms with Crippen LogP contribution in [0.5, 0.6) is 0 Å². The van der Waals surface area contributed by atoms with Gasteiger partial charge in [-0.05, 0) is 39.2 Å². The molecule has 0 radical (unpaired) electrons. The number of nitrogen functional groups attached to an aromatic ring is 1. The predicted molar refractivity (Wildman–Crippen MR) is 92.0 cm³/mol. The average Bonchev–Trinajstić information content (AvgIpc) is 3.04. The molecule has 0 spiro atoms. The van der Waals surface area contributed by atoms with Crippen molar-refractivity contribution in [3.05, 3.63) is 47.2 Å². The van der Waals surface area contributed by atoms with E-state index in [0.717, 1.165) is 41.4 Å². The van der Waals surface area contributed by atoms with E-state index in [4.69, 9.17) is 15.0 Å². The number of hydroxylamine groups is 1. The molecule has 0 fully saturated rings. The van der Waals surface area contributed by atoms with E-state index in [2.05, 4.69) is 26.4 Å². The van der Waals surface area contributed by atoms with Crippen LogP contribution >= 0.6 is 0 Å². The molecule has 7 heteroatoms. The zero-order valence-corrected chi connectivity index (χ0v) is 14.2. The fraction of sp³-hybridized carbons (Fsp3) is 0.412. The third-order valence-electron chi connectivity index (χ3n) is 3.96. The molecule has 1 aliphatic carbocycles. The number of nitrogens with two attached hydrogens (primary N) is 1. The first-order valence-corrected chi connectivity index (χ1v) is 7.95. The highest BCUT2D eigenvalue weighted by atomic mass is 16.6. The minimum Gasteiger partial charge on any atom is -0.469 e. The first-order chi connectivity index (χ1) is 11.5. The van der Waals surface area contributed by atoms with Gasteiger partial charge in [0.2, 0.25) is 5.95 Å². The number of fused-ring (bicyclic) bond motifs is 1. The highest BCUT2D eigenvalue weighted by molar-refractivity contribution is 5.70. The molecule has 1 unspecified atom stereocenters. The maximum Gasteiger partial charge on any atom is 0.220 e. The summed E-state index contributed by atoms with van der Waals surface area (Å²) in [6, 6.07) is 3.85. The summed E-state index contributed by atoms with van der Waals surface area (Å²) in [5.41, 5.74) is 12.4. The van der Waals surface area contributed by atoms with Crippen LogP contribution in [0.25, 0.3) is 5.70 Å². The number of aryl methyl sites for hydroxylation is 1. The van der Waals surface area contributed by atoms with Gasteiger partial charge in [0.25, 0.3) is 0 Å². The third kappa shape index (κ3) is 3.58. The van der Waals surface area contributed by atoms with Gasteiger partial charge in [-0.25, -0.2) is 9.97 Å². The SMILES string of the molecule is Cc1nc(N)nc2c1C(NOCCN(C)C)=CC(c1ccco1)C2. The summed E-state index contributed by atoms with van der Waals surface area (Å²) in [5, 5.41) is 0. The van der Waals surface area contributed by atoms with E-state index in [1.165, 1.54) is 0 Å². The molecular weight excluding hydrogens is 306 g/mol. The molecule has 3 N–H and O–H groups in total. The standard InChI is InChI=1S/C17H23N5O2/c1-11-16-13(20-17(18)19-11)9-12(15-5-4-7-23-15)10-14(16)21-24-8-6-22(2)3/h4-5,7,10,12,21H,6,8-9H2,1-3H3,(H2,18,19,20). The van der Waals surface area contributed by atoms with E-state index in [1.807, 2.05) is 33.2 Å². The second kappa shape index (κ2) is 7.02. The van der Waals surface area contributed by atoms with Crippen molar-refractivity contribution in [2.75, 3.05) is 33.0 Å². The van der Waals surface area contributed by atoms with Crippen LogP contribution in [0, 0.1) is 6.92 Å². The van der Waals surface area contributed by atoms with E-state index >= 15 is 0 Å². The number of anilines is 1. The van der Waals surface area contributed by atoms with Gasteiger partial charge >= 0.3 is 0 Å². The molecule has 0 aliphatic heterocycles. The summed E-state index contributed by atoms with van der Waals surface area (Å²) in [4.78, 5) is 16.4. The number of allylic oxidation sites excluding steroid dienone is 1. The Morgan fingerprint density at radius 1 is 1.42 bits per heavy atom. The van der Waals surface area contributed by atoms with Crippen LogP contribution in [0.4, 0.5) is 5.95 Å². The lowest BCUT2D eigenvalue weighted by atomic mass is 9.89. The zero-order chi connectivity index (χ0) is 17.1. The Hall–Kier alpha value is -2.38. The van der Waals surface area contributed by atoms with Crippen LogP contribution in [0.15, 0.2) is 28.9 Å². The quantitative estimate of drug-likeness (QED) is 0.616. The van der Waals surface area contributed by atoms with Crippen molar-refractivity contribution in [3.8, 4) is 0 Å². The van der Waals surface area contributed by atoms with Crippen LogP contribution in [0.3, 0.4) is 0 Å². The first kappa shape index (κ1) is 16.5. The van der Waals surface area contributed by atoms with Crippen molar-refractivity contribution in [1.29, 1.82) is 0 Å². The van der Waals surface area contributed by atoms with E-state index in [1.54, 1.807) is 6.26 Å². The minimum absolute atomic E-state index is 0.0844. The number of aromatic nitrogens is 2. The Morgan fingerprint density at radius 2 is 2.25 bits per heavy atom. The van der Waals surface area contributed by atoms with Gasteiger partial charge in [0, 0.05) is 24.4 Å². The Bertz CT molecular complexity index is 725. The van der Waals surface area contributed by atoms with Gasteiger partial charge in [-0.3, -0.25) is 10.3 Å². The molecule has 0 aromatic carbocycles. The van der Waals surface area contributed by atoms with Gasteiger partial charge in [0.05, 0.1) is 30.0 Å². The van der Waals surface area contributed by atoms with Crippen molar-refractivity contribution >= 4 is 11.6 Å². The molecule has 2 heterocycles. The maximum absolute atomic E-state index is 5.82. The van der Waals surface area contributed by atoms with Crippen molar-refractivity contribution in [2.24, 2.45) is 0 Å². The largest absolute Gasteiger partial charge is 0.469 e. The molecule has 1 aliphatic rings. The Labute approximate surface area is 141 Å². The molecular formula is C17H23N5O2. The van der Waals surface area contributed by atoms with Crippen LogP contribution in [-0.2, 0) is 11.3 Å². The molecule has 1 atom stereocenters. The number of nitrogens with zero attached hydrogens (tertiary/aromatic N) is 3. The summed E-state index contributed by atoms with van der Waals surface area (Å²) in [6.45, 7) is 3.32. The van der Waals surface area contributed by atoms with Crippen molar-refractivity contribution < 1.29 is 9.25 Å². The number of nitrogens with one attached hydrogen (secondary N) is 1. The predicted octanol–water partition coefficient (Wildman–Crippen LogP) is 1.72. The van der Waals surface area contributed by atoms with E-state index < -0.39 is 0 Å². The molecule has 0 saturated carbocycles. The van der Waals surface area contributed by atoms with E-state index in [9.17, 15) is 0 Å². The molecule has 128 valence electrons. The number of likely N-dealkylation sites (N-methyl/N-ethyl adjacent to an activating group) is 1. The van der Waals surface area contributed by atoms with Crippen LogP contribution < -0.4 is 11.2 Å². The number of hydrogen-bond acceptors (Lipinski definition) is 7. The monoisotopic (exact) mass is 329 g/mol. The summed E-state index contributed by atoms with van der Waals surface area (Å²) in [7, 11) is 4.01. The van der Waals surface area contributed by atoms with Crippen LogP contribution in [0.2, 0.25) is 0 Å². The van der Waals surface area contributed by atoms with E-state index in [-0.39, 0.29) is 5.92 Å². The molecule has 0 amide bonds. The molecule has 2 aromatic rings. The van der Waals surface area contributed by atoms with Crippen molar-refractivity contribution in [2.45, 2.75) is 19.3 Å². The minimum atomic E-state index is 0.0844. The topological polar surface area (TPSA) is 89.4 Å². The average molecular weight is 329 g/mol. The normalized spacial score (nSPS) is 16.8. The highest BCUT2D eigenvalue weighted by Crippen LogP contribution is 2.34. The van der Waals surface area contributed by atoms with Gasteiger partial charge in [0.15, 0.2) is 0 Å². The molecule has 2 aromatic heterocycles. The lowest BCUT2D eigenvalue weighted by Gasteiger charge is -2.24. The summed E-state index contributed by atoms with van der Waals surface area (Å²) in [5.74, 6) is 1.27. The second-order valence-corrected chi connectivity index (χ2v) is 6.15. The zero-order valence-electron chi connectivity index (χ0n) is 14.2. The Balaban J connectivity index is 1.87. The third-order valence-corrected chi connectivity index (χ3v) is 3.96. The fourth-order valence-corrected chi connectivity index (χ4v) is 2.83. The van der Waals surface area contributed by atoms with Crippen LogP contribution in [0.1, 0.15) is 28.6 Å². The summed E-state index contributed by atoms with van der Waals surface area (Å²) >= 11 is 0. The summed E-state index contributed by atoms with van der Waals surface area (Å²) < 4.78 is 5.56. The Morgan fingerprint density at radius 3 is 2.96 bits per heavy atom. The maximum atomic E-state index is 5.82. The number of rotatable bonds is 6. The lowest BCUT2D eigenvalue weighted by molar-refractivity contribution is 0.0663. The molecule has 3 rings (SSSR count). The van der Waals surface area contributed by atoms with Crippen molar-refractivity contribution in [1.82, 2.24) is 20.3 Å². The second-order valence-electron chi connectivity index (χ2n) is 6.15. The highest BCUT2D eigenvalue weighted by Gasteiger charge is 2.26. The van der Waals surface area contributed by atoms with Crippen LogP contribution in [-0.4, -0.2) is 42.1 Å².